The number of rotatable bonds is 17. The Balaban J connectivity index is 0. The van der Waals surface area contributed by atoms with Gasteiger partial charge in [-0.15, -0.1) is 0 Å². The number of ether oxygens (including phenoxy) is 1. The van der Waals surface area contributed by atoms with Crippen molar-refractivity contribution < 1.29 is 19.7 Å². The van der Waals surface area contributed by atoms with E-state index in [0.29, 0.717) is 19.6 Å². The highest BCUT2D eigenvalue weighted by Crippen LogP contribution is 2.10. The molecule has 6 N–H and O–H groups in total. The third-order valence-corrected chi connectivity index (χ3v) is 4.04. The standard InChI is InChI=1S/C13H28O2.C6H14N2O2/c1-15-13-11-9-7-5-3-2-4-6-8-10-12-14;7-4-2-1-3-5(8)6(9)10/h14H,2-13H2,1H3;5H,1-4,7-8H2,(H,9,10). The van der Waals surface area contributed by atoms with Gasteiger partial charge in [-0.05, 0) is 32.2 Å². The lowest BCUT2D eigenvalue weighted by molar-refractivity contribution is -0.138. The van der Waals surface area contributed by atoms with Crippen LogP contribution in [0.3, 0.4) is 0 Å². The Bertz CT molecular complexity index is 254. The number of aliphatic hydroxyl groups is 1. The topological polar surface area (TPSA) is 119 Å². The van der Waals surface area contributed by atoms with Gasteiger partial charge >= 0.3 is 5.97 Å². The number of hydrogen-bond acceptors (Lipinski definition) is 5. The number of unbranched alkanes of at least 4 members (excludes halogenated alkanes) is 10. The molecular weight excluding hydrogens is 320 g/mol. The minimum atomic E-state index is -0.933. The fourth-order valence-corrected chi connectivity index (χ4v) is 2.40. The minimum absolute atomic E-state index is 0.361. The van der Waals surface area contributed by atoms with Crippen molar-refractivity contribution in [2.75, 3.05) is 26.9 Å². The second-order valence-electron chi connectivity index (χ2n) is 6.48. The van der Waals surface area contributed by atoms with E-state index in [9.17, 15) is 4.79 Å². The summed E-state index contributed by atoms with van der Waals surface area (Å²) in [5, 5.41) is 16.9. The molecule has 0 saturated heterocycles. The van der Waals surface area contributed by atoms with E-state index in [1.165, 1.54) is 57.8 Å². The third kappa shape index (κ3) is 25.7. The molecule has 0 aromatic heterocycles. The largest absolute Gasteiger partial charge is 0.480 e. The summed E-state index contributed by atoms with van der Waals surface area (Å²) in [6, 6.07) is -0.716. The average molecular weight is 363 g/mol. The Kier molecular flexibility index (Phi) is 24.7. The van der Waals surface area contributed by atoms with Crippen molar-refractivity contribution in [1.82, 2.24) is 0 Å². The number of carboxylic acids is 1. The lowest BCUT2D eigenvalue weighted by atomic mass is 10.1. The predicted molar refractivity (Wildman–Crippen MR) is 104 cm³/mol. The fourth-order valence-electron chi connectivity index (χ4n) is 2.40. The van der Waals surface area contributed by atoms with Crippen LogP contribution in [-0.2, 0) is 9.53 Å². The van der Waals surface area contributed by atoms with E-state index in [-0.39, 0.29) is 0 Å². The molecule has 0 saturated carbocycles. The third-order valence-electron chi connectivity index (χ3n) is 4.04. The van der Waals surface area contributed by atoms with Gasteiger partial charge in [0.1, 0.15) is 6.04 Å². The molecule has 1 unspecified atom stereocenters. The number of methoxy groups -OCH3 is 1. The molecule has 0 aliphatic heterocycles. The molecule has 0 amide bonds. The van der Waals surface area contributed by atoms with Gasteiger partial charge in [0.25, 0.3) is 0 Å². The van der Waals surface area contributed by atoms with E-state index in [2.05, 4.69) is 0 Å². The van der Waals surface area contributed by atoms with Gasteiger partial charge in [0.15, 0.2) is 0 Å². The van der Waals surface area contributed by atoms with E-state index in [1.807, 2.05) is 0 Å². The van der Waals surface area contributed by atoms with Crippen LogP contribution in [0.15, 0.2) is 0 Å². The summed E-state index contributed by atoms with van der Waals surface area (Å²) < 4.78 is 5.00. The Hall–Kier alpha value is -0.690. The van der Waals surface area contributed by atoms with Gasteiger partial charge in [0.05, 0.1) is 0 Å². The van der Waals surface area contributed by atoms with E-state index < -0.39 is 12.0 Å². The first-order valence-electron chi connectivity index (χ1n) is 9.88. The summed E-state index contributed by atoms with van der Waals surface area (Å²) in [5.74, 6) is -0.933. The molecular formula is C19H42N2O4. The fraction of sp³-hybridized carbons (Fsp3) is 0.947. The molecule has 1 atom stereocenters. The maximum absolute atomic E-state index is 10.1. The first-order chi connectivity index (χ1) is 12.1. The van der Waals surface area contributed by atoms with Crippen molar-refractivity contribution in [3.63, 3.8) is 0 Å². The maximum Gasteiger partial charge on any atom is 0.320 e. The predicted octanol–water partition coefficient (Wildman–Crippen LogP) is 3.05. The van der Waals surface area contributed by atoms with Crippen LogP contribution in [0.1, 0.15) is 83.5 Å². The normalized spacial score (nSPS) is 11.7. The molecule has 152 valence electrons. The first kappa shape index (κ1) is 26.5. The molecule has 0 heterocycles. The Morgan fingerprint density at radius 1 is 0.880 bits per heavy atom. The van der Waals surface area contributed by atoms with Gasteiger partial charge in [0, 0.05) is 20.3 Å². The molecule has 0 fully saturated rings. The monoisotopic (exact) mass is 362 g/mol. The smallest absolute Gasteiger partial charge is 0.320 e. The Morgan fingerprint density at radius 2 is 1.36 bits per heavy atom. The van der Waals surface area contributed by atoms with Gasteiger partial charge in [-0.3, -0.25) is 4.79 Å². The van der Waals surface area contributed by atoms with Crippen molar-refractivity contribution in [2.45, 2.75) is 89.5 Å². The van der Waals surface area contributed by atoms with Crippen LogP contribution in [-0.4, -0.2) is 49.1 Å². The summed E-state index contributed by atoms with van der Waals surface area (Å²) in [6.07, 6.45) is 15.0. The molecule has 0 aliphatic rings. The second kappa shape index (κ2) is 23.3. The van der Waals surface area contributed by atoms with Crippen molar-refractivity contribution in [3.8, 4) is 0 Å². The summed E-state index contributed by atoms with van der Waals surface area (Å²) in [6.45, 7) is 1.88. The van der Waals surface area contributed by atoms with Crippen LogP contribution in [0.25, 0.3) is 0 Å². The molecule has 0 spiro atoms. The van der Waals surface area contributed by atoms with Gasteiger partial charge in [-0.2, -0.15) is 0 Å². The SMILES string of the molecule is COCCCCCCCCCCCCO.NCCCCC(N)C(=O)O. The molecule has 0 aromatic carbocycles. The van der Waals surface area contributed by atoms with Gasteiger partial charge in [-0.1, -0.05) is 57.8 Å². The molecule has 0 bridgehead atoms. The van der Waals surface area contributed by atoms with Crippen molar-refractivity contribution in [2.24, 2.45) is 11.5 Å². The molecule has 0 rings (SSSR count). The maximum atomic E-state index is 10.1. The lowest BCUT2D eigenvalue weighted by Gasteiger charge is -2.03. The molecule has 0 aliphatic carbocycles. The van der Waals surface area contributed by atoms with Crippen LogP contribution in [0, 0.1) is 0 Å². The Labute approximate surface area is 154 Å². The zero-order valence-electron chi connectivity index (χ0n) is 16.3. The summed E-state index contributed by atoms with van der Waals surface area (Å²) in [4.78, 5) is 10.1. The van der Waals surface area contributed by atoms with Crippen LogP contribution < -0.4 is 11.5 Å². The van der Waals surface area contributed by atoms with Crippen molar-refractivity contribution in [3.05, 3.63) is 0 Å². The summed E-state index contributed by atoms with van der Waals surface area (Å²) >= 11 is 0. The summed E-state index contributed by atoms with van der Waals surface area (Å²) in [7, 11) is 1.77. The number of nitrogens with two attached hydrogens (primary N) is 2. The van der Waals surface area contributed by atoms with Gasteiger partial charge in [0.2, 0.25) is 0 Å². The number of carboxylic acid groups (broad SMARTS) is 1. The van der Waals surface area contributed by atoms with Crippen LogP contribution in [0.4, 0.5) is 0 Å². The van der Waals surface area contributed by atoms with E-state index in [4.69, 9.17) is 26.4 Å². The van der Waals surface area contributed by atoms with E-state index >= 15 is 0 Å². The molecule has 6 nitrogen and oxygen atoms in total. The second-order valence-corrected chi connectivity index (χ2v) is 6.48. The average Bonchev–Trinajstić information content (AvgIpc) is 2.60. The molecule has 0 aromatic rings. The highest BCUT2D eigenvalue weighted by Gasteiger charge is 2.09. The molecule has 0 radical (unpaired) electrons. The number of aliphatic hydroxyl groups excluding tert-OH is 1. The van der Waals surface area contributed by atoms with Gasteiger partial charge < -0.3 is 26.4 Å². The number of hydrogen-bond donors (Lipinski definition) is 4. The highest BCUT2D eigenvalue weighted by atomic mass is 16.5. The van der Waals surface area contributed by atoms with Crippen LogP contribution >= 0.6 is 0 Å². The number of aliphatic carboxylic acids is 1. The lowest BCUT2D eigenvalue weighted by Crippen LogP contribution is -2.29. The quantitative estimate of drug-likeness (QED) is 0.295. The highest BCUT2D eigenvalue weighted by molar-refractivity contribution is 5.72. The van der Waals surface area contributed by atoms with Crippen LogP contribution in [0.2, 0.25) is 0 Å². The molecule has 25 heavy (non-hydrogen) atoms. The van der Waals surface area contributed by atoms with Crippen LogP contribution in [0.5, 0.6) is 0 Å². The van der Waals surface area contributed by atoms with Crippen molar-refractivity contribution >= 4 is 5.97 Å². The number of carbonyl (C=O) groups is 1. The minimum Gasteiger partial charge on any atom is -0.480 e. The zero-order chi connectivity index (χ0) is 19.2. The first-order valence-corrected chi connectivity index (χ1v) is 9.88. The van der Waals surface area contributed by atoms with E-state index in [1.54, 1.807) is 7.11 Å². The van der Waals surface area contributed by atoms with Crippen molar-refractivity contribution in [1.29, 1.82) is 0 Å². The zero-order valence-corrected chi connectivity index (χ0v) is 16.3. The van der Waals surface area contributed by atoms with Gasteiger partial charge in [-0.25, -0.2) is 0 Å². The molecule has 6 heteroatoms. The summed E-state index contributed by atoms with van der Waals surface area (Å²) in [5.41, 5.74) is 10.4. The Morgan fingerprint density at radius 3 is 1.76 bits per heavy atom. The van der Waals surface area contributed by atoms with E-state index in [0.717, 1.165) is 25.9 Å².